The van der Waals surface area contributed by atoms with Crippen LogP contribution in [0, 0.1) is 0 Å². The van der Waals surface area contributed by atoms with Crippen molar-refractivity contribution in [2.24, 2.45) is 0 Å². The van der Waals surface area contributed by atoms with E-state index in [2.05, 4.69) is 55.2 Å². The highest BCUT2D eigenvalue weighted by Crippen LogP contribution is 2.32. The van der Waals surface area contributed by atoms with Gasteiger partial charge in [-0.15, -0.1) is 0 Å². The van der Waals surface area contributed by atoms with E-state index in [1.165, 1.54) is 12.8 Å². The average Bonchev–Trinajstić information content (AvgIpc) is 2.86. The van der Waals surface area contributed by atoms with Gasteiger partial charge in [-0.3, -0.25) is 0 Å². The lowest BCUT2D eigenvalue weighted by Gasteiger charge is -2.29. The normalized spacial score (nSPS) is 20.2. The number of hydrogen-bond acceptors (Lipinski definition) is 4. The Hall–Kier alpha value is -1.26. The Morgan fingerprint density at radius 3 is 2.81 bits per heavy atom. The second-order valence-electron chi connectivity index (χ2n) is 6.27. The largest absolute Gasteiger partial charge is 0.508 e. The van der Waals surface area contributed by atoms with Crippen molar-refractivity contribution in [3.63, 3.8) is 0 Å². The molecule has 0 bridgehead atoms. The molecule has 1 aliphatic heterocycles. The third-order valence-electron chi connectivity index (χ3n) is 4.28. The summed E-state index contributed by atoms with van der Waals surface area (Å²) in [6.45, 7) is 7.22. The van der Waals surface area contributed by atoms with Gasteiger partial charge in [0.15, 0.2) is 0 Å². The molecule has 2 N–H and O–H groups in total. The second-order valence-corrected chi connectivity index (χ2v) is 6.27. The zero-order valence-corrected chi connectivity index (χ0v) is 13.8. The summed E-state index contributed by atoms with van der Waals surface area (Å²) in [4.78, 5) is 4.67. The monoisotopic (exact) mass is 291 g/mol. The maximum absolute atomic E-state index is 10.3. The van der Waals surface area contributed by atoms with Crippen LogP contribution in [0.25, 0.3) is 0 Å². The van der Waals surface area contributed by atoms with Crippen molar-refractivity contribution < 1.29 is 5.11 Å². The van der Waals surface area contributed by atoms with Crippen molar-refractivity contribution in [3.05, 3.63) is 23.8 Å². The Morgan fingerprint density at radius 2 is 2.19 bits per heavy atom. The number of hydrogen-bond donors (Lipinski definition) is 2. The van der Waals surface area contributed by atoms with Gasteiger partial charge in [0.2, 0.25) is 0 Å². The Labute approximate surface area is 128 Å². The van der Waals surface area contributed by atoms with E-state index in [4.69, 9.17) is 0 Å². The highest BCUT2D eigenvalue weighted by Gasteiger charge is 2.25. The maximum Gasteiger partial charge on any atom is 0.122 e. The summed E-state index contributed by atoms with van der Waals surface area (Å²) in [5.41, 5.74) is 2.12. The molecule has 1 aromatic rings. The number of benzene rings is 1. The lowest BCUT2D eigenvalue weighted by atomic mass is 10.1. The number of phenolic OH excluding ortho intramolecular Hbond substituents is 1. The van der Waals surface area contributed by atoms with Gasteiger partial charge in [-0.25, -0.2) is 0 Å². The Bertz CT molecular complexity index is 461. The molecule has 0 saturated carbocycles. The minimum atomic E-state index is 0.181. The van der Waals surface area contributed by atoms with Crippen molar-refractivity contribution >= 4 is 5.69 Å². The van der Waals surface area contributed by atoms with Gasteiger partial charge in [0.1, 0.15) is 5.75 Å². The molecular formula is C17H29N3O. The molecule has 1 aliphatic rings. The molecule has 1 saturated heterocycles. The molecule has 2 atom stereocenters. The molecule has 0 aromatic heterocycles. The summed E-state index contributed by atoms with van der Waals surface area (Å²) in [7, 11) is 4.24. The smallest absolute Gasteiger partial charge is 0.122 e. The number of nitrogens with one attached hydrogen (secondary N) is 1. The van der Waals surface area contributed by atoms with E-state index in [1.54, 1.807) is 0 Å². The van der Waals surface area contributed by atoms with Crippen molar-refractivity contribution in [2.45, 2.75) is 38.8 Å². The molecule has 0 aliphatic carbocycles. The molecule has 0 radical (unpaired) electrons. The number of anilines is 1. The fraction of sp³-hybridized carbons (Fsp3) is 0.647. The quantitative estimate of drug-likeness (QED) is 0.845. The third-order valence-corrected chi connectivity index (χ3v) is 4.28. The van der Waals surface area contributed by atoms with Crippen LogP contribution in [0.15, 0.2) is 18.2 Å². The van der Waals surface area contributed by atoms with Crippen LogP contribution in [-0.2, 0) is 0 Å². The molecule has 1 fully saturated rings. The molecular weight excluding hydrogens is 262 g/mol. The van der Waals surface area contributed by atoms with Gasteiger partial charge in [-0.2, -0.15) is 0 Å². The fourth-order valence-corrected chi connectivity index (χ4v) is 3.28. The van der Waals surface area contributed by atoms with E-state index in [9.17, 15) is 5.11 Å². The molecule has 118 valence electrons. The van der Waals surface area contributed by atoms with E-state index in [-0.39, 0.29) is 6.04 Å². The van der Waals surface area contributed by atoms with Crippen LogP contribution in [0.3, 0.4) is 0 Å². The first-order chi connectivity index (χ1) is 10.0. The molecule has 2 unspecified atom stereocenters. The lowest BCUT2D eigenvalue weighted by molar-refractivity contribution is 0.372. The zero-order valence-electron chi connectivity index (χ0n) is 13.8. The van der Waals surface area contributed by atoms with Crippen LogP contribution in [0.2, 0.25) is 0 Å². The van der Waals surface area contributed by atoms with E-state index in [1.807, 2.05) is 6.07 Å². The van der Waals surface area contributed by atoms with Gasteiger partial charge in [-0.1, -0.05) is 13.0 Å². The predicted molar refractivity (Wildman–Crippen MR) is 89.1 cm³/mol. The Balaban J connectivity index is 2.15. The van der Waals surface area contributed by atoms with Crippen molar-refractivity contribution in [2.75, 3.05) is 38.6 Å². The summed E-state index contributed by atoms with van der Waals surface area (Å²) >= 11 is 0. The molecule has 0 spiro atoms. The summed E-state index contributed by atoms with van der Waals surface area (Å²) in [6, 6.07) is 6.87. The van der Waals surface area contributed by atoms with Crippen LogP contribution >= 0.6 is 0 Å². The van der Waals surface area contributed by atoms with Crippen LogP contribution in [0.1, 0.15) is 38.3 Å². The number of aromatic hydroxyl groups is 1. The topological polar surface area (TPSA) is 38.7 Å². The average molecular weight is 291 g/mol. The molecule has 2 rings (SSSR count). The van der Waals surface area contributed by atoms with Crippen molar-refractivity contribution in [1.29, 1.82) is 0 Å². The first kappa shape index (κ1) is 16.1. The van der Waals surface area contributed by atoms with Crippen molar-refractivity contribution in [1.82, 2.24) is 10.2 Å². The van der Waals surface area contributed by atoms with Gasteiger partial charge in [-0.05, 0) is 46.5 Å². The first-order valence-electron chi connectivity index (χ1n) is 8.00. The Morgan fingerprint density at radius 1 is 1.43 bits per heavy atom. The summed E-state index contributed by atoms with van der Waals surface area (Å²) in [5.74, 6) is 0.399. The van der Waals surface area contributed by atoms with Gasteiger partial charge in [0, 0.05) is 42.5 Å². The van der Waals surface area contributed by atoms with Gasteiger partial charge in [0.25, 0.3) is 0 Å². The zero-order chi connectivity index (χ0) is 15.4. The second kappa shape index (κ2) is 7.14. The van der Waals surface area contributed by atoms with Crippen LogP contribution in [0.4, 0.5) is 5.69 Å². The van der Waals surface area contributed by atoms with Crippen LogP contribution in [0.5, 0.6) is 5.75 Å². The van der Waals surface area contributed by atoms with E-state index in [0.717, 1.165) is 30.9 Å². The molecule has 1 aromatic carbocycles. The molecule has 4 nitrogen and oxygen atoms in total. The maximum atomic E-state index is 10.3. The van der Waals surface area contributed by atoms with Gasteiger partial charge < -0.3 is 20.2 Å². The van der Waals surface area contributed by atoms with Crippen LogP contribution < -0.4 is 10.2 Å². The Kier molecular flexibility index (Phi) is 5.48. The third kappa shape index (κ3) is 3.89. The lowest BCUT2D eigenvalue weighted by Crippen LogP contribution is -2.37. The fourth-order valence-electron chi connectivity index (χ4n) is 3.28. The number of nitrogens with zero attached hydrogens (tertiary/aromatic N) is 2. The summed E-state index contributed by atoms with van der Waals surface area (Å²) in [6.07, 6.45) is 2.46. The van der Waals surface area contributed by atoms with E-state index in [0.29, 0.717) is 11.8 Å². The highest BCUT2D eigenvalue weighted by molar-refractivity contribution is 5.55. The number of likely N-dealkylation sites (N-methyl/N-ethyl adjacent to an activating group) is 1. The predicted octanol–water partition coefficient (Wildman–Crippen LogP) is 2.59. The standard InChI is InChI=1S/C17H29N3O/c1-5-18-13(2)16-9-8-14(11-17(16)21)20-10-6-7-15(20)12-19(3)4/h8-9,11,13,15,18,21H,5-7,10,12H2,1-4H3. The highest BCUT2D eigenvalue weighted by atomic mass is 16.3. The first-order valence-corrected chi connectivity index (χ1v) is 8.00. The number of phenols is 1. The van der Waals surface area contributed by atoms with Crippen molar-refractivity contribution in [3.8, 4) is 5.75 Å². The minimum absolute atomic E-state index is 0.181. The van der Waals surface area contributed by atoms with E-state index < -0.39 is 0 Å². The van der Waals surface area contributed by atoms with Gasteiger partial charge >= 0.3 is 0 Å². The number of rotatable bonds is 6. The van der Waals surface area contributed by atoms with Gasteiger partial charge in [0.05, 0.1) is 0 Å². The minimum Gasteiger partial charge on any atom is -0.508 e. The summed E-state index contributed by atoms with van der Waals surface area (Å²) in [5, 5.41) is 13.7. The molecule has 1 heterocycles. The molecule has 0 amide bonds. The summed E-state index contributed by atoms with van der Waals surface area (Å²) < 4.78 is 0. The SMILES string of the molecule is CCNC(C)c1ccc(N2CCCC2CN(C)C)cc1O. The molecule has 21 heavy (non-hydrogen) atoms. The molecule has 4 heteroatoms. The van der Waals surface area contributed by atoms with Crippen LogP contribution in [-0.4, -0.2) is 49.8 Å². The van der Waals surface area contributed by atoms with E-state index >= 15 is 0 Å².